The molecule has 0 saturated carbocycles. The van der Waals surface area contributed by atoms with E-state index in [1.54, 1.807) is 0 Å². The minimum Gasteiger partial charge on any atom is -0.378 e. The number of hydrogen-bond donors (Lipinski definition) is 3. The summed E-state index contributed by atoms with van der Waals surface area (Å²) >= 11 is 0. The highest BCUT2D eigenvalue weighted by molar-refractivity contribution is 6.00. The molecule has 1 fully saturated rings. The average Bonchev–Trinajstić information content (AvgIpc) is 3.97. The van der Waals surface area contributed by atoms with Crippen LogP contribution in [0.3, 0.4) is 0 Å². The molecule has 264 valence electrons. The number of benzene rings is 3. The van der Waals surface area contributed by atoms with Gasteiger partial charge in [-0.3, -0.25) is 0 Å². The van der Waals surface area contributed by atoms with Crippen LogP contribution in [0.4, 0.5) is 5.69 Å². The maximum absolute atomic E-state index is 5.83. The first kappa shape index (κ1) is 33.8. The summed E-state index contributed by atoms with van der Waals surface area (Å²) in [6.07, 6.45) is 4.25. The van der Waals surface area contributed by atoms with Gasteiger partial charge in [0.1, 0.15) is 0 Å². The highest BCUT2D eigenvalue weighted by Gasteiger charge is 2.17. The summed E-state index contributed by atoms with van der Waals surface area (Å²) in [5.41, 5.74) is 17.0. The fraction of sp³-hybridized carbons (Fsp3) is 0.233. The fourth-order valence-electron chi connectivity index (χ4n) is 6.79. The Balaban J connectivity index is 1.18. The minimum absolute atomic E-state index is 0.553. The molecule has 0 spiro atoms. The van der Waals surface area contributed by atoms with Crippen molar-refractivity contribution in [3.8, 4) is 33.4 Å². The number of nitrogens with one attached hydrogen (secondary N) is 3. The molecular weight excluding hydrogens is 651 g/mol. The van der Waals surface area contributed by atoms with Crippen LogP contribution < -0.4 is 5.43 Å². The number of nitrogens with zero attached hydrogens (tertiary/aromatic N) is 2. The van der Waals surface area contributed by atoms with E-state index in [9.17, 15) is 0 Å². The molecule has 9 heteroatoms. The van der Waals surface area contributed by atoms with Crippen LogP contribution in [0.5, 0.6) is 0 Å². The Labute approximate surface area is 303 Å². The minimum atomic E-state index is 0.553. The Hall–Kier alpha value is -5.29. The van der Waals surface area contributed by atoms with Crippen LogP contribution in [0.25, 0.3) is 67.6 Å². The topological polar surface area (TPSA) is 96.7 Å². The van der Waals surface area contributed by atoms with Gasteiger partial charge in [-0.2, -0.15) is 0 Å². The Kier molecular flexibility index (Phi) is 10.7. The molecule has 2 aliphatic heterocycles. The molecule has 0 amide bonds. The van der Waals surface area contributed by atoms with Crippen LogP contribution in [-0.4, -0.2) is 85.9 Å². The van der Waals surface area contributed by atoms with Gasteiger partial charge in [0.15, 0.2) is 0 Å². The van der Waals surface area contributed by atoms with E-state index in [1.165, 1.54) is 0 Å². The van der Waals surface area contributed by atoms with Crippen molar-refractivity contribution in [3.05, 3.63) is 121 Å². The Morgan fingerprint density at radius 1 is 0.442 bits per heavy atom. The third kappa shape index (κ3) is 7.79. The van der Waals surface area contributed by atoms with Gasteiger partial charge in [-0.05, 0) is 65.2 Å². The number of anilines is 1. The molecule has 2 aliphatic rings. The summed E-state index contributed by atoms with van der Waals surface area (Å²) in [5.74, 6) is 0. The molecule has 3 aromatic heterocycles. The fourth-order valence-corrected chi connectivity index (χ4v) is 6.79. The van der Waals surface area contributed by atoms with E-state index in [0.29, 0.717) is 65.9 Å². The summed E-state index contributed by atoms with van der Waals surface area (Å²) in [5, 5.41) is 2.14. The second-order valence-corrected chi connectivity index (χ2v) is 12.8. The molecule has 6 aromatic rings. The third-order valence-corrected chi connectivity index (χ3v) is 9.31. The SMILES string of the molecule is C1=Cc2nc1c(-c1ccccc1)c1ccc([nH]1)c(-c1ccc(NN3CCOCCOCCOCCOCC3)cc1)c1ccc([nH]1)c2-c1ccccc1. The van der Waals surface area contributed by atoms with Crippen LogP contribution in [0, 0.1) is 0 Å². The quantitative estimate of drug-likeness (QED) is 0.167. The van der Waals surface area contributed by atoms with Gasteiger partial charge in [0.2, 0.25) is 0 Å². The van der Waals surface area contributed by atoms with Crippen molar-refractivity contribution in [3.63, 3.8) is 0 Å². The Morgan fingerprint density at radius 2 is 0.846 bits per heavy atom. The second-order valence-electron chi connectivity index (χ2n) is 12.8. The maximum Gasteiger partial charge on any atom is 0.0737 e. The van der Waals surface area contributed by atoms with Gasteiger partial charge in [0, 0.05) is 57.5 Å². The molecule has 52 heavy (non-hydrogen) atoms. The van der Waals surface area contributed by atoms with Crippen molar-refractivity contribution >= 4 is 39.9 Å². The van der Waals surface area contributed by atoms with Gasteiger partial charge >= 0.3 is 0 Å². The summed E-state index contributed by atoms with van der Waals surface area (Å²) < 4.78 is 22.8. The van der Waals surface area contributed by atoms with Crippen molar-refractivity contribution in [1.82, 2.24) is 20.0 Å². The van der Waals surface area contributed by atoms with Gasteiger partial charge in [-0.25, -0.2) is 9.99 Å². The van der Waals surface area contributed by atoms with Crippen LogP contribution in [0.1, 0.15) is 11.4 Å². The first-order chi connectivity index (χ1) is 25.8. The molecule has 3 aromatic carbocycles. The lowest BCUT2D eigenvalue weighted by Crippen LogP contribution is -2.36. The number of aromatic nitrogens is 3. The maximum atomic E-state index is 5.83. The highest BCUT2D eigenvalue weighted by atomic mass is 16.6. The smallest absolute Gasteiger partial charge is 0.0737 e. The predicted octanol–water partition coefficient (Wildman–Crippen LogP) is 8.36. The largest absolute Gasteiger partial charge is 0.378 e. The standard InChI is InChI=1S/C43H43N5O4/c1-3-7-31(8-4-1)41-35-15-16-36(44-35)42(32-9-5-2-6-10-32)38-18-20-40(46-38)43(39-19-17-37(41)45-39)33-11-13-34(14-12-33)47-48-21-23-49-25-27-51-29-30-52-28-26-50-24-22-48/h1-20,45-47H,21-30H2. The van der Waals surface area contributed by atoms with E-state index in [4.69, 9.17) is 23.9 Å². The molecular formula is C43H43N5O4. The highest BCUT2D eigenvalue weighted by Crippen LogP contribution is 2.37. The predicted molar refractivity (Wildman–Crippen MR) is 209 cm³/mol. The zero-order chi connectivity index (χ0) is 35.0. The summed E-state index contributed by atoms with van der Waals surface area (Å²) in [7, 11) is 0. The lowest BCUT2D eigenvalue weighted by molar-refractivity contribution is 0.00206. The van der Waals surface area contributed by atoms with Crippen LogP contribution in [0.15, 0.2) is 109 Å². The molecule has 0 aliphatic carbocycles. The Morgan fingerprint density at radius 3 is 1.31 bits per heavy atom. The lowest BCUT2D eigenvalue weighted by atomic mass is 10.0. The molecule has 1 saturated heterocycles. The van der Waals surface area contributed by atoms with E-state index >= 15 is 0 Å². The number of rotatable bonds is 5. The van der Waals surface area contributed by atoms with Gasteiger partial charge < -0.3 is 34.3 Å². The first-order valence-electron chi connectivity index (χ1n) is 18.0. The molecule has 0 radical (unpaired) electrons. The monoisotopic (exact) mass is 693 g/mol. The zero-order valence-corrected chi connectivity index (χ0v) is 29.1. The number of fused-ring (bicyclic) bond motifs is 6. The van der Waals surface area contributed by atoms with E-state index in [2.05, 4.69) is 130 Å². The number of hydrazine groups is 1. The normalized spacial score (nSPS) is 16.0. The van der Waals surface area contributed by atoms with Crippen LogP contribution >= 0.6 is 0 Å². The van der Waals surface area contributed by atoms with E-state index < -0.39 is 0 Å². The van der Waals surface area contributed by atoms with Crippen molar-refractivity contribution in [1.29, 1.82) is 0 Å². The molecule has 0 atom stereocenters. The Bertz CT molecular complexity index is 2070. The summed E-state index contributed by atoms with van der Waals surface area (Å²) in [4.78, 5) is 12.8. The van der Waals surface area contributed by atoms with Gasteiger partial charge in [-0.1, -0.05) is 72.8 Å². The van der Waals surface area contributed by atoms with E-state index in [-0.39, 0.29) is 0 Å². The van der Waals surface area contributed by atoms with E-state index in [0.717, 1.165) is 72.5 Å². The van der Waals surface area contributed by atoms with Gasteiger partial charge in [0.25, 0.3) is 0 Å². The van der Waals surface area contributed by atoms with Gasteiger partial charge in [-0.15, -0.1) is 0 Å². The van der Waals surface area contributed by atoms with Crippen molar-refractivity contribution < 1.29 is 18.9 Å². The van der Waals surface area contributed by atoms with Gasteiger partial charge in [0.05, 0.1) is 64.2 Å². The molecule has 0 unspecified atom stereocenters. The van der Waals surface area contributed by atoms with Crippen LogP contribution in [0.2, 0.25) is 0 Å². The molecule has 3 N–H and O–H groups in total. The third-order valence-electron chi connectivity index (χ3n) is 9.31. The van der Waals surface area contributed by atoms with Crippen molar-refractivity contribution in [2.45, 2.75) is 0 Å². The lowest BCUT2D eigenvalue weighted by Gasteiger charge is -2.24. The van der Waals surface area contributed by atoms with Crippen molar-refractivity contribution in [2.75, 3.05) is 71.4 Å². The number of hydrogen-bond acceptors (Lipinski definition) is 7. The first-order valence-corrected chi connectivity index (χ1v) is 18.0. The summed E-state index contributed by atoms with van der Waals surface area (Å²) in [6.45, 7) is 5.92. The molecule has 8 rings (SSSR count). The van der Waals surface area contributed by atoms with Crippen molar-refractivity contribution in [2.24, 2.45) is 0 Å². The number of ether oxygens (including phenoxy) is 4. The molecule has 5 heterocycles. The van der Waals surface area contributed by atoms with E-state index in [1.807, 2.05) is 12.1 Å². The zero-order valence-electron chi connectivity index (χ0n) is 29.1. The molecule has 9 nitrogen and oxygen atoms in total. The number of aromatic amines is 2. The summed E-state index contributed by atoms with van der Waals surface area (Å²) in [6, 6.07) is 38.3. The second kappa shape index (κ2) is 16.4. The average molecular weight is 694 g/mol. The molecule has 6 bridgehead atoms. The number of H-pyrrole nitrogens is 2. The van der Waals surface area contributed by atoms with Crippen LogP contribution in [-0.2, 0) is 18.9 Å².